The molecule has 2 unspecified atom stereocenters. The number of allylic oxidation sites excluding steroid dienone is 4. The number of carbonyl (C=O) groups is 4. The van der Waals surface area contributed by atoms with Crippen LogP contribution in [0.4, 0.5) is 4.79 Å². The molecule has 12 heteroatoms. The van der Waals surface area contributed by atoms with Gasteiger partial charge in [-0.25, -0.2) is 4.79 Å². The first-order chi connectivity index (χ1) is 30.3. The molecule has 0 saturated carbocycles. The lowest BCUT2D eigenvalue weighted by atomic mass is 9.99. The van der Waals surface area contributed by atoms with E-state index in [0.717, 1.165) is 110 Å². The van der Waals surface area contributed by atoms with Crippen molar-refractivity contribution in [2.45, 2.75) is 182 Å². The van der Waals surface area contributed by atoms with Crippen LogP contribution in [-0.2, 0) is 47.5 Å². The molecule has 1 heterocycles. The van der Waals surface area contributed by atoms with Crippen LogP contribution >= 0.6 is 0 Å². The van der Waals surface area contributed by atoms with Gasteiger partial charge < -0.3 is 38.1 Å². The van der Waals surface area contributed by atoms with Gasteiger partial charge in [0.25, 0.3) is 0 Å². The third-order valence-electron chi connectivity index (χ3n) is 10.4. The van der Waals surface area contributed by atoms with Gasteiger partial charge in [0.15, 0.2) is 6.29 Å². The monoisotopic (exact) mass is 876 g/mol. The van der Waals surface area contributed by atoms with E-state index in [1.165, 1.54) is 12.8 Å². The minimum Gasteiger partial charge on any atom is -0.465 e. The van der Waals surface area contributed by atoms with Crippen LogP contribution in [0.3, 0.4) is 0 Å². The van der Waals surface area contributed by atoms with Crippen LogP contribution < -0.4 is 0 Å². The summed E-state index contributed by atoms with van der Waals surface area (Å²) in [6, 6.07) is 0. The van der Waals surface area contributed by atoms with Gasteiger partial charge in [0.2, 0.25) is 0 Å². The second-order valence-corrected chi connectivity index (χ2v) is 16.2. The highest BCUT2D eigenvalue weighted by Gasteiger charge is 2.23. The Balaban J connectivity index is 2.58. The Labute approximate surface area is 375 Å². The van der Waals surface area contributed by atoms with Crippen molar-refractivity contribution in [3.05, 3.63) is 24.3 Å². The summed E-state index contributed by atoms with van der Waals surface area (Å²) in [5.41, 5.74) is 0. The van der Waals surface area contributed by atoms with Gasteiger partial charge in [-0.1, -0.05) is 83.6 Å². The molecule has 0 aliphatic carbocycles. The summed E-state index contributed by atoms with van der Waals surface area (Å²) in [4.78, 5) is 52.6. The number of ether oxygens (including phenoxy) is 7. The predicted octanol–water partition coefficient (Wildman–Crippen LogP) is 10.8. The molecule has 0 bridgehead atoms. The Morgan fingerprint density at radius 2 is 1.21 bits per heavy atom. The Kier molecular flexibility index (Phi) is 38.0. The maximum Gasteiger partial charge on any atom is 0.508 e. The summed E-state index contributed by atoms with van der Waals surface area (Å²) in [7, 11) is 0. The van der Waals surface area contributed by atoms with Gasteiger partial charge >= 0.3 is 24.1 Å². The first-order valence-corrected chi connectivity index (χ1v) is 24.3. The highest BCUT2D eigenvalue weighted by Crippen LogP contribution is 2.17. The Hall–Kier alpha value is -3.40. The van der Waals surface area contributed by atoms with Crippen molar-refractivity contribution in [1.82, 2.24) is 4.90 Å². The molecule has 1 rings (SSSR count). The lowest BCUT2D eigenvalue weighted by Crippen LogP contribution is -2.37. The summed E-state index contributed by atoms with van der Waals surface area (Å²) in [5, 5.41) is 0. The Morgan fingerprint density at radius 1 is 0.613 bits per heavy atom. The van der Waals surface area contributed by atoms with Crippen LogP contribution in [0.15, 0.2) is 24.3 Å². The second-order valence-electron chi connectivity index (χ2n) is 16.2. The molecular weight excluding hydrogens is 791 g/mol. The largest absolute Gasteiger partial charge is 0.508 e. The molecule has 0 N–H and O–H groups in total. The zero-order valence-electron chi connectivity index (χ0n) is 39.3. The van der Waals surface area contributed by atoms with Gasteiger partial charge in [-0.05, 0) is 96.6 Å². The number of rotatable bonds is 38. The zero-order chi connectivity index (χ0) is 45.1. The van der Waals surface area contributed by atoms with Crippen LogP contribution in [0.25, 0.3) is 0 Å². The summed E-state index contributed by atoms with van der Waals surface area (Å²) in [6.07, 6.45) is 26.1. The van der Waals surface area contributed by atoms with Crippen LogP contribution in [0, 0.1) is 23.7 Å². The van der Waals surface area contributed by atoms with Gasteiger partial charge in [-0.3, -0.25) is 14.4 Å². The molecule has 1 saturated heterocycles. The van der Waals surface area contributed by atoms with E-state index in [-0.39, 0.29) is 51.2 Å². The van der Waals surface area contributed by atoms with E-state index in [1.54, 1.807) is 0 Å². The summed E-state index contributed by atoms with van der Waals surface area (Å²) >= 11 is 0. The van der Waals surface area contributed by atoms with Gasteiger partial charge in [0.05, 0.1) is 18.9 Å². The van der Waals surface area contributed by atoms with Crippen molar-refractivity contribution in [3.63, 3.8) is 0 Å². The van der Waals surface area contributed by atoms with Gasteiger partial charge in [-0.15, -0.1) is 5.92 Å². The summed E-state index contributed by atoms with van der Waals surface area (Å²) in [6.45, 7) is 12.8. The molecule has 0 aromatic heterocycles. The smallest absolute Gasteiger partial charge is 0.465 e. The number of unbranched alkanes of at least 4 members (excludes halogenated alkanes) is 10. The number of hydrogen-bond acceptors (Lipinski definition) is 12. The van der Waals surface area contributed by atoms with E-state index in [9.17, 15) is 19.2 Å². The second kappa shape index (κ2) is 41.6. The number of carbonyl (C=O) groups excluding carboxylic acids is 4. The van der Waals surface area contributed by atoms with Crippen LogP contribution in [-0.4, -0.2) is 101 Å². The first-order valence-electron chi connectivity index (χ1n) is 24.3. The quantitative estimate of drug-likeness (QED) is 0.0146. The standard InChI is InChI=1S/C50H85NO11/c1-5-9-12-15-18-23-26-36-56-46(52)31-24-19-20-25-32-47(53)59-41-45(43-62-50(55)61-40-44-30-29-35-51(8-4)39-44)42-60-48(54)33-34-49(57-37-27-21-16-13-10-6-2)58-38-28-22-17-14-11-7-3/h10-11,13-14,44-45,49H,5-9,12,15-17,19-22,24-43H2,1-4H3/b13-10-,14-11-. The molecule has 0 amide bonds. The molecule has 12 nitrogen and oxygen atoms in total. The molecule has 356 valence electrons. The van der Waals surface area contributed by atoms with Gasteiger partial charge in [0, 0.05) is 57.8 Å². The van der Waals surface area contributed by atoms with Crippen molar-refractivity contribution < 1.29 is 52.3 Å². The molecule has 62 heavy (non-hydrogen) atoms. The number of esters is 3. The molecule has 1 aliphatic rings. The molecule has 0 aromatic carbocycles. The average Bonchev–Trinajstić information content (AvgIpc) is 3.28. The maximum absolute atomic E-state index is 13.0. The van der Waals surface area contributed by atoms with E-state index in [1.807, 2.05) is 0 Å². The van der Waals surface area contributed by atoms with Crippen molar-refractivity contribution in [1.29, 1.82) is 0 Å². The normalized spacial score (nSPS) is 14.8. The Bertz CT molecular complexity index is 1230. The number of hydrogen-bond donors (Lipinski definition) is 0. The Morgan fingerprint density at radius 3 is 1.82 bits per heavy atom. The molecule has 1 aliphatic heterocycles. The van der Waals surface area contributed by atoms with E-state index in [4.69, 9.17) is 33.2 Å². The summed E-state index contributed by atoms with van der Waals surface area (Å²) < 4.78 is 39.4. The fourth-order valence-electron chi connectivity index (χ4n) is 6.70. The third kappa shape index (κ3) is 35.1. The minimum atomic E-state index is -0.795. The van der Waals surface area contributed by atoms with Gasteiger partial charge in [0.1, 0.15) is 26.4 Å². The topological polar surface area (TPSA) is 136 Å². The fourth-order valence-corrected chi connectivity index (χ4v) is 6.70. The molecule has 1 fully saturated rings. The lowest BCUT2D eigenvalue weighted by Gasteiger charge is -2.31. The van der Waals surface area contributed by atoms with E-state index in [2.05, 4.69) is 68.7 Å². The van der Waals surface area contributed by atoms with Crippen LogP contribution in [0.5, 0.6) is 0 Å². The predicted molar refractivity (Wildman–Crippen MR) is 244 cm³/mol. The van der Waals surface area contributed by atoms with Crippen molar-refractivity contribution in [2.24, 2.45) is 11.8 Å². The van der Waals surface area contributed by atoms with Crippen molar-refractivity contribution in [2.75, 3.05) is 65.9 Å². The lowest BCUT2D eigenvalue weighted by molar-refractivity contribution is -0.161. The van der Waals surface area contributed by atoms with E-state index >= 15 is 0 Å². The van der Waals surface area contributed by atoms with E-state index < -0.39 is 30.3 Å². The maximum atomic E-state index is 13.0. The third-order valence-corrected chi connectivity index (χ3v) is 10.4. The highest BCUT2D eigenvalue weighted by atomic mass is 16.7. The molecule has 0 radical (unpaired) electrons. The average molecular weight is 876 g/mol. The van der Waals surface area contributed by atoms with Gasteiger partial charge in [-0.2, -0.15) is 0 Å². The fraction of sp³-hybridized carbons (Fsp3) is 0.800. The SMILES string of the molecule is CC/C=C\CCCCOC(CCC(=O)OCC(COC(=O)CCCCCCC(=O)OCCC#CCCCCC)COC(=O)OCC1CCCN(CC)C1)OCCCC/C=C\CC. The van der Waals surface area contributed by atoms with Crippen LogP contribution in [0.1, 0.15) is 175 Å². The minimum absolute atomic E-state index is 0.0836. The molecule has 0 spiro atoms. The molecular formula is C50H85NO11. The first kappa shape index (κ1) is 56.6. The number of nitrogens with zero attached hydrogens (tertiary/aromatic N) is 1. The molecule has 0 aromatic rings. The number of piperidine rings is 1. The van der Waals surface area contributed by atoms with Crippen molar-refractivity contribution >= 4 is 24.1 Å². The van der Waals surface area contributed by atoms with Crippen molar-refractivity contribution in [3.8, 4) is 11.8 Å². The molecule has 2 atom stereocenters. The van der Waals surface area contributed by atoms with E-state index in [0.29, 0.717) is 51.9 Å². The van der Waals surface area contributed by atoms with Crippen LogP contribution in [0.2, 0.25) is 0 Å². The summed E-state index contributed by atoms with van der Waals surface area (Å²) in [5.74, 6) is 4.79. The zero-order valence-corrected chi connectivity index (χ0v) is 39.3. The highest BCUT2D eigenvalue weighted by molar-refractivity contribution is 5.70. The number of likely N-dealkylation sites (tertiary alicyclic amines) is 1.